The van der Waals surface area contributed by atoms with Gasteiger partial charge < -0.3 is 19.8 Å². The van der Waals surface area contributed by atoms with Crippen LogP contribution in [0.4, 0.5) is 18.9 Å². The maximum absolute atomic E-state index is 12.3. The second kappa shape index (κ2) is 6.95. The Bertz CT molecular complexity index is 1210. The number of hydrogen-bond acceptors (Lipinski definition) is 7. The van der Waals surface area contributed by atoms with Gasteiger partial charge >= 0.3 is 12.1 Å². The summed E-state index contributed by atoms with van der Waals surface area (Å²) in [5, 5.41) is 5.90. The van der Waals surface area contributed by atoms with E-state index in [1.807, 2.05) is 0 Å². The Morgan fingerprint density at radius 2 is 1.93 bits per heavy atom. The number of benzene rings is 2. The molecule has 1 aliphatic rings. The van der Waals surface area contributed by atoms with E-state index in [2.05, 4.69) is 25.3 Å². The van der Waals surface area contributed by atoms with Crippen molar-refractivity contribution in [3.63, 3.8) is 0 Å². The van der Waals surface area contributed by atoms with E-state index in [1.54, 1.807) is 31.3 Å². The molecular formula is C19H16F3N5O3. The number of nitrogens with zero attached hydrogens (tertiary/aromatic N) is 1. The molecule has 0 aliphatic carbocycles. The Hall–Kier alpha value is -3.73. The molecule has 8 nitrogen and oxygen atoms in total. The van der Waals surface area contributed by atoms with Gasteiger partial charge in [0.05, 0.1) is 5.52 Å². The standard InChI is InChI=1S/C19H16F3N5O3/c1-10-9-24-16(25-12-3-5-13(6-4-12)30-19(20,21)22)27-18(10,23)11-2-7-15-14(8-11)26-17(28)29-15/h2-9H,23H2,1H3,(H,26,28)(H2,24,25,27). The van der Waals surface area contributed by atoms with E-state index in [9.17, 15) is 18.0 Å². The number of halogens is 3. The van der Waals surface area contributed by atoms with Gasteiger partial charge in [0.2, 0.25) is 5.96 Å². The topological polar surface area (TPSA) is 118 Å². The van der Waals surface area contributed by atoms with Crippen molar-refractivity contribution in [1.82, 2.24) is 10.3 Å². The summed E-state index contributed by atoms with van der Waals surface area (Å²) >= 11 is 0. The van der Waals surface area contributed by atoms with Crippen molar-refractivity contribution in [3.8, 4) is 5.75 Å². The fraction of sp³-hybridized carbons (Fsp3) is 0.158. The molecule has 0 amide bonds. The Morgan fingerprint density at radius 1 is 1.20 bits per heavy atom. The number of fused-ring (bicyclic) bond motifs is 1. The first kappa shape index (κ1) is 19.6. The molecule has 3 aromatic rings. The first-order chi connectivity index (χ1) is 14.1. The van der Waals surface area contributed by atoms with Gasteiger partial charge in [0.15, 0.2) is 11.2 Å². The van der Waals surface area contributed by atoms with Crippen LogP contribution in [-0.4, -0.2) is 17.3 Å². The normalized spacial score (nSPS) is 19.1. The monoisotopic (exact) mass is 419 g/mol. The number of hydrogen-bond donors (Lipinski definition) is 4. The molecule has 0 bridgehead atoms. The summed E-state index contributed by atoms with van der Waals surface area (Å²) in [6.07, 6.45) is -3.09. The number of aromatic nitrogens is 1. The number of oxazole rings is 1. The zero-order valence-corrected chi connectivity index (χ0v) is 15.5. The van der Waals surface area contributed by atoms with Crippen LogP contribution in [0.2, 0.25) is 0 Å². The molecular weight excluding hydrogens is 403 g/mol. The lowest BCUT2D eigenvalue weighted by Gasteiger charge is -2.31. The molecule has 0 saturated heterocycles. The third-order valence-electron chi connectivity index (χ3n) is 4.52. The van der Waals surface area contributed by atoms with Gasteiger partial charge in [-0.15, -0.1) is 13.2 Å². The number of alkyl halides is 3. The lowest BCUT2D eigenvalue weighted by Crippen LogP contribution is -2.44. The van der Waals surface area contributed by atoms with Crippen molar-refractivity contribution in [2.45, 2.75) is 18.9 Å². The van der Waals surface area contributed by atoms with Gasteiger partial charge in [0, 0.05) is 17.5 Å². The summed E-state index contributed by atoms with van der Waals surface area (Å²) < 4.78 is 45.7. The Labute approximate surface area is 167 Å². The lowest BCUT2D eigenvalue weighted by atomic mass is 9.93. The number of aromatic amines is 1. The number of aliphatic imine (C=N–C) groups is 1. The number of nitrogens with two attached hydrogens (primary N) is 1. The summed E-state index contributed by atoms with van der Waals surface area (Å²) in [5.74, 6) is -0.624. The van der Waals surface area contributed by atoms with Crippen molar-refractivity contribution >= 4 is 22.7 Å². The Balaban J connectivity index is 1.60. The van der Waals surface area contributed by atoms with Gasteiger partial charge in [-0.05, 0) is 48.9 Å². The molecule has 0 saturated carbocycles. The van der Waals surface area contributed by atoms with E-state index in [1.165, 1.54) is 24.3 Å². The summed E-state index contributed by atoms with van der Waals surface area (Å²) in [4.78, 5) is 18.5. The largest absolute Gasteiger partial charge is 0.573 e. The second-order valence-electron chi connectivity index (χ2n) is 6.62. The smallest absolute Gasteiger partial charge is 0.408 e. The highest BCUT2D eigenvalue weighted by Gasteiger charge is 2.33. The molecule has 1 unspecified atom stereocenters. The molecule has 1 aliphatic heterocycles. The van der Waals surface area contributed by atoms with Crippen LogP contribution in [0.25, 0.3) is 11.1 Å². The molecule has 0 radical (unpaired) electrons. The molecule has 2 aromatic carbocycles. The lowest BCUT2D eigenvalue weighted by molar-refractivity contribution is -0.274. The number of anilines is 1. The van der Waals surface area contributed by atoms with E-state index in [0.717, 1.165) is 0 Å². The Kier molecular flexibility index (Phi) is 4.54. The molecule has 1 aromatic heterocycles. The van der Waals surface area contributed by atoms with Crippen molar-refractivity contribution in [2.75, 3.05) is 5.32 Å². The van der Waals surface area contributed by atoms with Crippen molar-refractivity contribution < 1.29 is 22.3 Å². The number of rotatable bonds is 3. The van der Waals surface area contributed by atoms with E-state index < -0.39 is 17.8 Å². The van der Waals surface area contributed by atoms with Gasteiger partial charge in [-0.3, -0.25) is 10.7 Å². The highest BCUT2D eigenvalue weighted by molar-refractivity contribution is 5.95. The van der Waals surface area contributed by atoms with Crippen molar-refractivity contribution in [2.24, 2.45) is 10.7 Å². The molecule has 11 heteroatoms. The van der Waals surface area contributed by atoms with Crippen LogP contribution < -0.4 is 26.9 Å². The van der Waals surface area contributed by atoms with Crippen LogP contribution in [0.3, 0.4) is 0 Å². The maximum atomic E-state index is 12.3. The molecule has 5 N–H and O–H groups in total. The van der Waals surface area contributed by atoms with E-state index in [0.29, 0.717) is 27.9 Å². The predicted octanol–water partition coefficient (Wildman–Crippen LogP) is 3.11. The van der Waals surface area contributed by atoms with E-state index >= 15 is 0 Å². The fourth-order valence-corrected chi connectivity index (χ4v) is 3.01. The second-order valence-corrected chi connectivity index (χ2v) is 6.62. The van der Waals surface area contributed by atoms with Crippen LogP contribution in [0.15, 0.2) is 68.4 Å². The minimum absolute atomic E-state index is 0.286. The Morgan fingerprint density at radius 3 is 2.63 bits per heavy atom. The average molecular weight is 419 g/mol. The van der Waals surface area contributed by atoms with Crippen LogP contribution in [0.5, 0.6) is 5.75 Å². The third-order valence-corrected chi connectivity index (χ3v) is 4.52. The summed E-state index contributed by atoms with van der Waals surface area (Å²) in [5.41, 5.74) is 7.98. The third kappa shape index (κ3) is 3.87. The van der Waals surface area contributed by atoms with Crippen LogP contribution in [0.1, 0.15) is 12.5 Å². The van der Waals surface area contributed by atoms with E-state index in [4.69, 9.17) is 10.2 Å². The number of guanidine groups is 1. The minimum atomic E-state index is -4.76. The quantitative estimate of drug-likeness (QED) is 0.518. The fourth-order valence-electron chi connectivity index (χ4n) is 3.01. The predicted molar refractivity (Wildman–Crippen MR) is 104 cm³/mol. The van der Waals surface area contributed by atoms with Crippen LogP contribution in [-0.2, 0) is 5.66 Å². The van der Waals surface area contributed by atoms with Crippen LogP contribution in [0, 0.1) is 0 Å². The molecule has 156 valence electrons. The molecule has 0 spiro atoms. The van der Waals surface area contributed by atoms with Crippen LogP contribution >= 0.6 is 0 Å². The van der Waals surface area contributed by atoms with Gasteiger partial charge in [0.1, 0.15) is 5.75 Å². The van der Waals surface area contributed by atoms with Gasteiger partial charge in [-0.2, -0.15) is 0 Å². The molecule has 2 heterocycles. The zero-order chi connectivity index (χ0) is 21.5. The number of nitrogens with one attached hydrogen (secondary N) is 3. The highest BCUT2D eigenvalue weighted by Crippen LogP contribution is 2.32. The molecule has 0 fully saturated rings. The summed E-state index contributed by atoms with van der Waals surface area (Å²) in [6.45, 7) is 1.79. The van der Waals surface area contributed by atoms with Crippen molar-refractivity contribution in [1.29, 1.82) is 0 Å². The molecule has 4 rings (SSSR count). The number of H-pyrrole nitrogens is 1. The first-order valence-corrected chi connectivity index (χ1v) is 8.71. The van der Waals surface area contributed by atoms with Gasteiger partial charge in [0.25, 0.3) is 0 Å². The number of ether oxygens (including phenoxy) is 1. The van der Waals surface area contributed by atoms with Gasteiger partial charge in [-0.1, -0.05) is 6.07 Å². The highest BCUT2D eigenvalue weighted by atomic mass is 19.4. The van der Waals surface area contributed by atoms with Crippen molar-refractivity contribution in [3.05, 3.63) is 70.4 Å². The summed E-state index contributed by atoms with van der Waals surface area (Å²) in [6, 6.07) is 10.2. The maximum Gasteiger partial charge on any atom is 0.573 e. The van der Waals surface area contributed by atoms with E-state index in [-0.39, 0.29) is 11.7 Å². The molecule has 1 atom stereocenters. The average Bonchev–Trinajstić information content (AvgIpc) is 3.04. The zero-order valence-electron chi connectivity index (χ0n) is 15.5. The SMILES string of the molecule is CC1=CNC(Nc2ccc(OC(F)(F)F)cc2)=NC1(N)c1ccc2oc(=O)[nH]c2c1. The van der Waals surface area contributed by atoms with Gasteiger partial charge in [-0.25, -0.2) is 9.79 Å². The first-order valence-electron chi connectivity index (χ1n) is 8.71. The summed E-state index contributed by atoms with van der Waals surface area (Å²) in [7, 11) is 0. The minimum Gasteiger partial charge on any atom is -0.408 e. The molecule has 30 heavy (non-hydrogen) atoms.